The fourth-order valence-electron chi connectivity index (χ4n) is 3.58. The summed E-state index contributed by atoms with van der Waals surface area (Å²) in [4.78, 5) is 28.5. The number of likely N-dealkylation sites (N-methyl/N-ethyl adjacent to an activating group) is 1. The number of carbonyl (C=O) groups is 1. The largest absolute Gasteiger partial charge is 0.384 e. The van der Waals surface area contributed by atoms with E-state index in [1.54, 1.807) is 25.6 Å². The van der Waals surface area contributed by atoms with E-state index in [-0.39, 0.29) is 11.9 Å². The predicted octanol–water partition coefficient (Wildman–Crippen LogP) is 2.15. The Kier molecular flexibility index (Phi) is 5.88. The van der Waals surface area contributed by atoms with Gasteiger partial charge in [-0.1, -0.05) is 6.08 Å². The molecule has 3 rings (SSSR count). The van der Waals surface area contributed by atoms with E-state index < -0.39 is 0 Å². The van der Waals surface area contributed by atoms with Crippen LogP contribution in [0, 0.1) is 0 Å². The maximum atomic E-state index is 12.2. The third-order valence-corrected chi connectivity index (χ3v) is 5.01. The molecule has 0 saturated carbocycles. The zero-order valence-corrected chi connectivity index (χ0v) is 15.7. The number of carbonyl (C=O) groups excluding carboxylic acids is 1. The molecule has 0 aliphatic carbocycles. The van der Waals surface area contributed by atoms with Gasteiger partial charge in [0.25, 0.3) is 0 Å². The van der Waals surface area contributed by atoms with Gasteiger partial charge >= 0.3 is 0 Å². The van der Waals surface area contributed by atoms with Crippen LogP contribution in [0.25, 0.3) is 11.0 Å². The number of aromatic amines is 1. The molecule has 0 aromatic carbocycles. The van der Waals surface area contributed by atoms with Crippen molar-refractivity contribution in [3.8, 4) is 0 Å². The van der Waals surface area contributed by atoms with Crippen LogP contribution in [0.15, 0.2) is 24.7 Å². The zero-order valence-electron chi connectivity index (χ0n) is 15.7. The minimum Gasteiger partial charge on any atom is -0.384 e. The number of hydrogen-bond acceptors (Lipinski definition) is 5. The summed E-state index contributed by atoms with van der Waals surface area (Å²) in [6.45, 7) is 4.05. The first-order chi connectivity index (χ1) is 12.7. The predicted molar refractivity (Wildman–Crippen MR) is 102 cm³/mol. The van der Waals surface area contributed by atoms with Crippen molar-refractivity contribution >= 4 is 22.8 Å². The number of aromatic nitrogens is 3. The molecular formula is C19H27N5O2. The highest BCUT2D eigenvalue weighted by atomic mass is 16.5. The van der Waals surface area contributed by atoms with Crippen molar-refractivity contribution in [3.05, 3.63) is 30.2 Å². The number of fused-ring (bicyclic) bond motifs is 1. The number of nitrogens with zero attached hydrogens (tertiary/aromatic N) is 4. The first-order valence-electron chi connectivity index (χ1n) is 9.10. The first-order valence-corrected chi connectivity index (χ1v) is 9.10. The SMILES string of the molecule is C/C=C/C(=O)N1CCC[C@@H](N(C)c2ncnc3[nH]cc(CCOC)c23)C1. The van der Waals surface area contributed by atoms with Gasteiger partial charge in [-0.05, 0) is 37.8 Å². The lowest BCUT2D eigenvalue weighted by atomic mass is 10.0. The fraction of sp³-hybridized carbons (Fsp3) is 0.526. The van der Waals surface area contributed by atoms with Crippen molar-refractivity contribution in [2.45, 2.75) is 32.2 Å². The number of hydrogen-bond donors (Lipinski definition) is 1. The van der Waals surface area contributed by atoms with E-state index >= 15 is 0 Å². The highest BCUT2D eigenvalue weighted by Crippen LogP contribution is 2.29. The number of anilines is 1. The lowest BCUT2D eigenvalue weighted by Crippen LogP contribution is -2.48. The zero-order chi connectivity index (χ0) is 18.5. The average Bonchev–Trinajstić information content (AvgIpc) is 3.09. The second-order valence-electron chi connectivity index (χ2n) is 6.67. The Morgan fingerprint density at radius 3 is 3.12 bits per heavy atom. The Morgan fingerprint density at radius 2 is 2.35 bits per heavy atom. The van der Waals surface area contributed by atoms with E-state index in [0.717, 1.165) is 48.2 Å². The van der Waals surface area contributed by atoms with E-state index in [2.05, 4.69) is 26.9 Å². The van der Waals surface area contributed by atoms with Crippen molar-refractivity contribution in [1.29, 1.82) is 0 Å². The molecule has 1 saturated heterocycles. The number of nitrogens with one attached hydrogen (secondary N) is 1. The maximum absolute atomic E-state index is 12.2. The van der Waals surface area contributed by atoms with Crippen LogP contribution in [0.4, 0.5) is 5.82 Å². The summed E-state index contributed by atoms with van der Waals surface area (Å²) in [5.74, 6) is 0.994. The normalized spacial score (nSPS) is 18.0. The Bertz CT molecular complexity index is 785. The Morgan fingerprint density at radius 1 is 1.50 bits per heavy atom. The molecule has 0 spiro atoms. The number of allylic oxidation sites excluding steroid dienone is 1. The number of H-pyrrole nitrogens is 1. The fourth-order valence-corrected chi connectivity index (χ4v) is 3.58. The van der Waals surface area contributed by atoms with Gasteiger partial charge in [0.15, 0.2) is 0 Å². The lowest BCUT2D eigenvalue weighted by Gasteiger charge is -2.38. The number of methoxy groups -OCH3 is 1. The first kappa shape index (κ1) is 18.4. The van der Waals surface area contributed by atoms with Gasteiger partial charge in [0.2, 0.25) is 5.91 Å². The Balaban J connectivity index is 1.86. The van der Waals surface area contributed by atoms with Gasteiger partial charge < -0.3 is 19.5 Å². The van der Waals surface area contributed by atoms with E-state index in [4.69, 9.17) is 4.74 Å². The number of piperidine rings is 1. The monoisotopic (exact) mass is 357 g/mol. The van der Waals surface area contributed by atoms with E-state index in [0.29, 0.717) is 13.2 Å². The molecule has 7 heteroatoms. The Hall–Kier alpha value is -2.41. The average molecular weight is 357 g/mol. The molecule has 1 amide bonds. The van der Waals surface area contributed by atoms with Gasteiger partial charge in [-0.3, -0.25) is 4.79 Å². The molecular weight excluding hydrogens is 330 g/mol. The summed E-state index contributed by atoms with van der Waals surface area (Å²) < 4.78 is 5.23. The van der Waals surface area contributed by atoms with E-state index in [1.807, 2.05) is 18.0 Å². The van der Waals surface area contributed by atoms with Gasteiger partial charge in [0.05, 0.1) is 12.0 Å². The number of amides is 1. The molecule has 1 aliphatic rings. The van der Waals surface area contributed by atoms with E-state index in [1.165, 1.54) is 0 Å². The van der Waals surface area contributed by atoms with Gasteiger partial charge in [0, 0.05) is 39.5 Å². The van der Waals surface area contributed by atoms with Gasteiger partial charge in [-0.2, -0.15) is 0 Å². The summed E-state index contributed by atoms with van der Waals surface area (Å²) in [6, 6.07) is 0.237. The summed E-state index contributed by atoms with van der Waals surface area (Å²) in [7, 11) is 3.76. The van der Waals surface area contributed by atoms with Gasteiger partial charge in [-0.15, -0.1) is 0 Å². The van der Waals surface area contributed by atoms with E-state index in [9.17, 15) is 4.79 Å². The van der Waals surface area contributed by atoms with Crippen molar-refractivity contribution in [3.63, 3.8) is 0 Å². The second kappa shape index (κ2) is 8.31. The number of rotatable bonds is 6. The summed E-state index contributed by atoms with van der Waals surface area (Å²) >= 11 is 0. The molecule has 0 unspecified atom stereocenters. The topological polar surface area (TPSA) is 74.4 Å². The highest BCUT2D eigenvalue weighted by molar-refractivity contribution is 5.91. The van der Waals surface area contributed by atoms with Crippen molar-refractivity contribution < 1.29 is 9.53 Å². The van der Waals surface area contributed by atoms with Crippen LogP contribution in [0.2, 0.25) is 0 Å². The molecule has 1 aliphatic heterocycles. The molecule has 0 bridgehead atoms. The third kappa shape index (κ3) is 3.72. The minimum atomic E-state index is 0.0841. The van der Waals surface area contributed by atoms with Crippen LogP contribution in [0.5, 0.6) is 0 Å². The molecule has 26 heavy (non-hydrogen) atoms. The van der Waals surface area contributed by atoms with Crippen LogP contribution in [0.3, 0.4) is 0 Å². The van der Waals surface area contributed by atoms with Crippen molar-refractivity contribution in [2.24, 2.45) is 0 Å². The quantitative estimate of drug-likeness (QED) is 0.802. The molecule has 1 fully saturated rings. The summed E-state index contributed by atoms with van der Waals surface area (Å²) in [5, 5.41) is 1.05. The molecule has 1 N–H and O–H groups in total. The highest BCUT2D eigenvalue weighted by Gasteiger charge is 2.27. The molecule has 140 valence electrons. The van der Waals surface area contributed by atoms with Crippen molar-refractivity contribution in [2.75, 3.05) is 38.8 Å². The molecule has 1 atom stereocenters. The number of ether oxygens (including phenoxy) is 1. The summed E-state index contributed by atoms with van der Waals surface area (Å²) in [6.07, 6.45) is 9.86. The lowest BCUT2D eigenvalue weighted by molar-refractivity contribution is -0.127. The Labute approximate surface area is 154 Å². The molecule has 0 radical (unpaired) electrons. The minimum absolute atomic E-state index is 0.0841. The second-order valence-corrected chi connectivity index (χ2v) is 6.67. The molecule has 3 heterocycles. The third-order valence-electron chi connectivity index (χ3n) is 5.01. The van der Waals surface area contributed by atoms with Crippen LogP contribution < -0.4 is 4.90 Å². The van der Waals surface area contributed by atoms with Crippen LogP contribution in [0.1, 0.15) is 25.3 Å². The van der Waals surface area contributed by atoms with Crippen LogP contribution in [-0.2, 0) is 16.0 Å². The molecule has 7 nitrogen and oxygen atoms in total. The summed E-state index contributed by atoms with van der Waals surface area (Å²) in [5.41, 5.74) is 1.99. The van der Waals surface area contributed by atoms with Crippen molar-refractivity contribution in [1.82, 2.24) is 19.9 Å². The maximum Gasteiger partial charge on any atom is 0.246 e. The smallest absolute Gasteiger partial charge is 0.246 e. The van der Waals surface area contributed by atoms with Gasteiger partial charge in [0.1, 0.15) is 17.8 Å². The molecule has 2 aromatic rings. The molecule has 2 aromatic heterocycles. The van der Waals surface area contributed by atoms with Crippen LogP contribution in [-0.4, -0.2) is 65.7 Å². The van der Waals surface area contributed by atoms with Crippen LogP contribution >= 0.6 is 0 Å². The standard InChI is InChI=1S/C19H27N5O2/c1-4-6-16(25)24-9-5-7-15(12-24)23(2)19-17-14(8-10-26-3)11-20-18(17)21-13-22-19/h4,6,11,13,15H,5,7-10,12H2,1-3H3,(H,20,21,22)/b6-4+/t15-/m1/s1. The van der Waals surface area contributed by atoms with Gasteiger partial charge in [-0.25, -0.2) is 9.97 Å². The number of likely N-dealkylation sites (tertiary alicyclic amines) is 1.